The van der Waals surface area contributed by atoms with Gasteiger partial charge in [-0.15, -0.1) is 0 Å². The number of hydrogen-bond acceptors (Lipinski definition) is 4. The smallest absolute Gasteiger partial charge is 0.269 e. The van der Waals surface area contributed by atoms with Crippen LogP contribution in [0.5, 0.6) is 0 Å². The molecule has 0 unspecified atom stereocenters. The molecule has 0 aliphatic carbocycles. The number of unbranched alkanes of at least 4 members (excludes halogenated alkanes) is 2. The largest absolute Gasteiger partial charge is 0.361 e. The van der Waals surface area contributed by atoms with Crippen LogP contribution >= 0.6 is 12.2 Å². The molecule has 0 fully saturated rings. The van der Waals surface area contributed by atoms with Crippen molar-refractivity contribution in [3.8, 4) is 0 Å². The van der Waals surface area contributed by atoms with E-state index in [1.54, 1.807) is 0 Å². The second-order valence-electron chi connectivity index (χ2n) is 6.71. The van der Waals surface area contributed by atoms with E-state index >= 15 is 0 Å². The Kier molecular flexibility index (Phi) is 9.68. The van der Waals surface area contributed by atoms with E-state index in [4.69, 9.17) is 12.2 Å². The van der Waals surface area contributed by atoms with Crippen LogP contribution in [0, 0.1) is 5.92 Å². The van der Waals surface area contributed by atoms with E-state index in [1.807, 2.05) is 0 Å². The highest BCUT2D eigenvalue weighted by molar-refractivity contribution is 7.89. The number of amides is 1. The van der Waals surface area contributed by atoms with Gasteiger partial charge in [0.15, 0.2) is 5.11 Å². The Bertz CT molecular complexity index is 736. The first-order chi connectivity index (χ1) is 12.7. The van der Waals surface area contributed by atoms with Crippen LogP contribution in [0.15, 0.2) is 29.2 Å². The van der Waals surface area contributed by atoms with Crippen molar-refractivity contribution in [1.82, 2.24) is 20.5 Å². The standard InChI is InChI=1S/C18H30N4O3S2/c1-5-6-7-9-14(2)13-19-18(26)21-20-17(23)15-10-8-11-16(12-15)27(24,25)22(3)4/h8,10-12,14H,5-7,9,13H2,1-4H3,(H,20,23)(H2,19,21,26)/t14-/m1/s1. The van der Waals surface area contributed by atoms with Gasteiger partial charge >= 0.3 is 0 Å². The Labute approximate surface area is 167 Å². The zero-order chi connectivity index (χ0) is 20.4. The summed E-state index contributed by atoms with van der Waals surface area (Å²) in [5.41, 5.74) is 5.35. The van der Waals surface area contributed by atoms with Crippen molar-refractivity contribution < 1.29 is 13.2 Å². The summed E-state index contributed by atoms with van der Waals surface area (Å²) in [5.74, 6) is 0.0193. The predicted molar refractivity (Wildman–Crippen MR) is 112 cm³/mol. The molecule has 1 rings (SSSR count). The number of benzene rings is 1. The molecule has 0 radical (unpaired) electrons. The van der Waals surface area contributed by atoms with Crippen LogP contribution in [0.3, 0.4) is 0 Å². The summed E-state index contributed by atoms with van der Waals surface area (Å²) in [4.78, 5) is 12.3. The van der Waals surface area contributed by atoms with Crippen molar-refractivity contribution in [3.05, 3.63) is 29.8 Å². The molecular formula is C18H30N4O3S2. The average Bonchev–Trinajstić information content (AvgIpc) is 2.64. The molecule has 0 aromatic heterocycles. The first-order valence-electron chi connectivity index (χ1n) is 9.05. The first kappa shape index (κ1) is 23.3. The molecule has 0 heterocycles. The van der Waals surface area contributed by atoms with Crippen LogP contribution in [0.1, 0.15) is 49.9 Å². The number of carbonyl (C=O) groups excluding carboxylic acids is 1. The summed E-state index contributed by atoms with van der Waals surface area (Å²) >= 11 is 5.16. The maximum atomic E-state index is 12.2. The van der Waals surface area contributed by atoms with Gasteiger partial charge in [0.25, 0.3) is 5.91 Å². The molecule has 152 valence electrons. The quantitative estimate of drug-likeness (QED) is 0.326. The lowest BCUT2D eigenvalue weighted by Gasteiger charge is -2.16. The predicted octanol–water partition coefficient (Wildman–Crippen LogP) is 2.26. The summed E-state index contributed by atoms with van der Waals surface area (Å²) in [6, 6.07) is 5.85. The molecule has 0 spiro atoms. The molecule has 1 aromatic rings. The van der Waals surface area contributed by atoms with Gasteiger partial charge in [-0.1, -0.05) is 39.2 Å². The Morgan fingerprint density at radius 2 is 1.93 bits per heavy atom. The summed E-state index contributed by atoms with van der Waals surface area (Å²) < 4.78 is 25.4. The molecule has 0 aliphatic rings. The topological polar surface area (TPSA) is 90.5 Å². The minimum absolute atomic E-state index is 0.0572. The molecule has 1 atom stereocenters. The second kappa shape index (κ2) is 11.2. The van der Waals surface area contributed by atoms with E-state index < -0.39 is 15.9 Å². The maximum Gasteiger partial charge on any atom is 0.269 e. The molecule has 0 bridgehead atoms. The summed E-state index contributed by atoms with van der Waals surface area (Å²) in [7, 11) is -0.714. The van der Waals surface area contributed by atoms with Crippen molar-refractivity contribution in [2.45, 2.75) is 44.4 Å². The van der Waals surface area contributed by atoms with Gasteiger partial charge in [0.1, 0.15) is 0 Å². The molecule has 0 saturated heterocycles. The third-order valence-corrected chi connectivity index (χ3v) is 6.13. The van der Waals surface area contributed by atoms with Crippen molar-refractivity contribution >= 4 is 33.3 Å². The molecule has 0 aliphatic heterocycles. The van der Waals surface area contributed by atoms with Crippen LogP contribution < -0.4 is 16.2 Å². The number of hydrazine groups is 1. The van der Waals surface area contributed by atoms with Gasteiger partial charge in [0, 0.05) is 26.2 Å². The van der Waals surface area contributed by atoms with Gasteiger partial charge in [-0.2, -0.15) is 0 Å². The summed E-state index contributed by atoms with van der Waals surface area (Å²) in [5, 5.41) is 3.39. The Hall–Kier alpha value is -1.71. The highest BCUT2D eigenvalue weighted by atomic mass is 32.2. The van der Waals surface area contributed by atoms with Crippen LogP contribution in [-0.4, -0.2) is 44.4 Å². The van der Waals surface area contributed by atoms with Crippen LogP contribution in [0.4, 0.5) is 0 Å². The van der Waals surface area contributed by atoms with E-state index in [-0.39, 0.29) is 10.5 Å². The fourth-order valence-electron chi connectivity index (χ4n) is 2.35. The van der Waals surface area contributed by atoms with Crippen LogP contribution in [-0.2, 0) is 10.0 Å². The van der Waals surface area contributed by atoms with Crippen molar-refractivity contribution in [2.24, 2.45) is 5.92 Å². The number of sulfonamides is 1. The molecule has 1 amide bonds. The minimum Gasteiger partial charge on any atom is -0.361 e. The number of rotatable bonds is 9. The number of nitrogens with zero attached hydrogens (tertiary/aromatic N) is 1. The monoisotopic (exact) mass is 414 g/mol. The summed E-state index contributed by atoms with van der Waals surface area (Å²) in [6.45, 7) is 5.05. The first-order valence-corrected chi connectivity index (χ1v) is 10.9. The molecule has 7 nitrogen and oxygen atoms in total. The van der Waals surface area contributed by atoms with Crippen molar-refractivity contribution in [3.63, 3.8) is 0 Å². The van der Waals surface area contributed by atoms with Gasteiger partial charge in [-0.3, -0.25) is 15.6 Å². The second-order valence-corrected chi connectivity index (χ2v) is 9.27. The SMILES string of the molecule is CCCCC[C@@H](C)CNC(=S)NNC(=O)c1cccc(S(=O)(=O)N(C)C)c1. The molecular weight excluding hydrogens is 384 g/mol. The highest BCUT2D eigenvalue weighted by Crippen LogP contribution is 2.14. The fourth-order valence-corrected chi connectivity index (χ4v) is 3.43. The van der Waals surface area contributed by atoms with Gasteiger partial charge in [-0.25, -0.2) is 12.7 Å². The third kappa shape index (κ3) is 7.82. The van der Waals surface area contributed by atoms with E-state index in [0.29, 0.717) is 11.0 Å². The lowest BCUT2D eigenvalue weighted by atomic mass is 10.0. The number of thiocarbonyl (C=S) groups is 1. The van der Waals surface area contributed by atoms with Gasteiger partial charge in [0.05, 0.1) is 4.90 Å². The normalized spacial score (nSPS) is 12.5. The van der Waals surface area contributed by atoms with E-state index in [2.05, 4.69) is 30.0 Å². The van der Waals surface area contributed by atoms with E-state index in [0.717, 1.165) is 17.3 Å². The third-order valence-electron chi connectivity index (χ3n) is 4.08. The molecule has 3 N–H and O–H groups in total. The van der Waals surface area contributed by atoms with Crippen LogP contribution in [0.25, 0.3) is 0 Å². The lowest BCUT2D eigenvalue weighted by Crippen LogP contribution is -2.47. The van der Waals surface area contributed by atoms with E-state index in [9.17, 15) is 13.2 Å². The Morgan fingerprint density at radius 3 is 2.56 bits per heavy atom. The van der Waals surface area contributed by atoms with Crippen LogP contribution in [0.2, 0.25) is 0 Å². The fraction of sp³-hybridized carbons (Fsp3) is 0.556. The zero-order valence-corrected chi connectivity index (χ0v) is 18.0. The minimum atomic E-state index is -3.60. The molecule has 9 heteroatoms. The maximum absolute atomic E-state index is 12.2. The van der Waals surface area contributed by atoms with Gasteiger partial charge in [-0.05, 0) is 42.8 Å². The van der Waals surface area contributed by atoms with Gasteiger partial charge in [0.2, 0.25) is 10.0 Å². The van der Waals surface area contributed by atoms with Crippen molar-refractivity contribution in [2.75, 3.05) is 20.6 Å². The average molecular weight is 415 g/mol. The van der Waals surface area contributed by atoms with Crippen molar-refractivity contribution in [1.29, 1.82) is 0 Å². The van der Waals surface area contributed by atoms with E-state index in [1.165, 1.54) is 57.6 Å². The molecule has 27 heavy (non-hydrogen) atoms. The zero-order valence-electron chi connectivity index (χ0n) is 16.4. The number of hydrogen-bond donors (Lipinski definition) is 3. The molecule has 1 aromatic carbocycles. The highest BCUT2D eigenvalue weighted by Gasteiger charge is 2.18. The Balaban J connectivity index is 2.52. The number of nitrogens with one attached hydrogen (secondary N) is 3. The summed E-state index contributed by atoms with van der Waals surface area (Å²) in [6.07, 6.45) is 4.75. The lowest BCUT2D eigenvalue weighted by molar-refractivity contribution is 0.0943. The Morgan fingerprint density at radius 1 is 1.22 bits per heavy atom. The number of carbonyl (C=O) groups is 1. The van der Waals surface area contributed by atoms with Gasteiger partial charge < -0.3 is 5.32 Å². The molecule has 0 saturated carbocycles.